The van der Waals surface area contributed by atoms with E-state index in [1.165, 1.54) is 0 Å². The van der Waals surface area contributed by atoms with Gasteiger partial charge in [-0.1, -0.05) is 29.8 Å². The molecule has 0 aliphatic carbocycles. The van der Waals surface area contributed by atoms with Gasteiger partial charge < -0.3 is 19.9 Å². The third-order valence-electron chi connectivity index (χ3n) is 5.71. The third-order valence-corrected chi connectivity index (χ3v) is 5.71. The number of carbonyl (C=O) groups is 2. The van der Waals surface area contributed by atoms with Crippen LogP contribution in [0.15, 0.2) is 53.3 Å². The van der Waals surface area contributed by atoms with Crippen LogP contribution in [0.1, 0.15) is 41.0 Å². The number of aromatic amines is 1. The van der Waals surface area contributed by atoms with Crippen molar-refractivity contribution in [3.05, 3.63) is 75.8 Å². The Hall–Kier alpha value is -3.52. The minimum absolute atomic E-state index is 0.0389. The number of fused-ring (bicyclic) bond motifs is 1. The second-order valence-electron chi connectivity index (χ2n) is 8.31. The van der Waals surface area contributed by atoms with Gasteiger partial charge in [-0.25, -0.2) is 4.98 Å². The number of hydrogen-bond acceptors (Lipinski definition) is 5. The first-order valence-electron chi connectivity index (χ1n) is 11.2. The van der Waals surface area contributed by atoms with E-state index < -0.39 is 0 Å². The average molecular weight is 449 g/mol. The van der Waals surface area contributed by atoms with Crippen molar-refractivity contribution in [2.75, 3.05) is 19.7 Å². The topological polar surface area (TPSA) is 104 Å². The van der Waals surface area contributed by atoms with Gasteiger partial charge in [-0.05, 0) is 44.0 Å². The summed E-state index contributed by atoms with van der Waals surface area (Å²) < 4.78 is 5.72. The predicted molar refractivity (Wildman–Crippen MR) is 125 cm³/mol. The summed E-state index contributed by atoms with van der Waals surface area (Å²) in [5.74, 6) is 0.0809. The van der Waals surface area contributed by atoms with Crippen LogP contribution in [-0.4, -0.2) is 52.5 Å². The lowest BCUT2D eigenvalue weighted by molar-refractivity contribution is -0.133. The number of rotatable bonds is 8. The van der Waals surface area contributed by atoms with Gasteiger partial charge in [0.15, 0.2) is 0 Å². The maximum absolute atomic E-state index is 13.1. The standard InChI is InChI=1S/C25H28N4O4/c1-17-6-4-7-18(14-17)24(31)26-12-11-23(30)29(15-19-8-5-13-33-19)16-22-27-21-10-3-2-9-20(21)25(32)28-22/h2-4,6-7,9-10,14,19H,5,8,11-13,15-16H2,1H3,(H,26,31)(H,27,28,32)/t19-/m1/s1. The molecule has 1 aliphatic heterocycles. The number of benzene rings is 2. The van der Waals surface area contributed by atoms with E-state index in [9.17, 15) is 14.4 Å². The SMILES string of the molecule is Cc1cccc(C(=O)NCCC(=O)N(Cc2nc3ccccc3c(=O)[nH]2)C[C@H]2CCCO2)c1. The fourth-order valence-electron chi connectivity index (χ4n) is 4.01. The number of aromatic nitrogens is 2. The number of aryl methyl sites for hydroxylation is 1. The normalized spacial score (nSPS) is 15.5. The number of H-pyrrole nitrogens is 1. The fraction of sp³-hybridized carbons (Fsp3) is 0.360. The molecule has 33 heavy (non-hydrogen) atoms. The Morgan fingerprint density at radius 2 is 2.06 bits per heavy atom. The second-order valence-corrected chi connectivity index (χ2v) is 8.31. The van der Waals surface area contributed by atoms with Crippen molar-refractivity contribution in [3.63, 3.8) is 0 Å². The van der Waals surface area contributed by atoms with Crippen LogP contribution in [0, 0.1) is 6.92 Å². The average Bonchev–Trinajstić information content (AvgIpc) is 3.32. The van der Waals surface area contributed by atoms with E-state index in [1.807, 2.05) is 31.2 Å². The van der Waals surface area contributed by atoms with Gasteiger partial charge in [-0.15, -0.1) is 0 Å². The summed E-state index contributed by atoms with van der Waals surface area (Å²) in [5, 5.41) is 3.32. The molecule has 172 valence electrons. The van der Waals surface area contributed by atoms with Gasteiger partial charge >= 0.3 is 0 Å². The quantitative estimate of drug-likeness (QED) is 0.551. The Labute approximate surface area is 192 Å². The number of nitrogens with one attached hydrogen (secondary N) is 2. The van der Waals surface area contributed by atoms with Crippen molar-refractivity contribution >= 4 is 22.7 Å². The van der Waals surface area contributed by atoms with Crippen LogP contribution in [0.3, 0.4) is 0 Å². The Bertz CT molecular complexity index is 1200. The van der Waals surface area contributed by atoms with Crippen LogP contribution < -0.4 is 10.9 Å². The van der Waals surface area contributed by atoms with Crippen LogP contribution in [-0.2, 0) is 16.1 Å². The molecule has 1 saturated heterocycles. The molecular formula is C25H28N4O4. The number of nitrogens with zero attached hydrogens (tertiary/aromatic N) is 2. The summed E-state index contributed by atoms with van der Waals surface area (Å²) in [6.45, 7) is 3.42. The lowest BCUT2D eigenvalue weighted by Crippen LogP contribution is -2.39. The van der Waals surface area contributed by atoms with Gasteiger partial charge in [-0.2, -0.15) is 0 Å². The molecule has 0 radical (unpaired) electrons. The highest BCUT2D eigenvalue weighted by Gasteiger charge is 2.23. The summed E-state index contributed by atoms with van der Waals surface area (Å²) in [5.41, 5.74) is 1.92. The molecule has 0 saturated carbocycles. The van der Waals surface area contributed by atoms with Crippen LogP contribution in [0.2, 0.25) is 0 Å². The smallest absolute Gasteiger partial charge is 0.258 e. The largest absolute Gasteiger partial charge is 0.376 e. The van der Waals surface area contributed by atoms with Gasteiger partial charge in [-0.3, -0.25) is 14.4 Å². The van der Waals surface area contributed by atoms with E-state index in [2.05, 4.69) is 15.3 Å². The summed E-state index contributed by atoms with van der Waals surface area (Å²) in [6, 6.07) is 14.4. The van der Waals surface area contributed by atoms with Gasteiger partial charge in [0.05, 0.1) is 23.6 Å². The fourth-order valence-corrected chi connectivity index (χ4v) is 4.01. The third kappa shape index (κ3) is 5.84. The highest BCUT2D eigenvalue weighted by atomic mass is 16.5. The van der Waals surface area contributed by atoms with Crippen molar-refractivity contribution in [1.29, 1.82) is 0 Å². The lowest BCUT2D eigenvalue weighted by Gasteiger charge is -2.25. The number of ether oxygens (including phenoxy) is 1. The van der Waals surface area contributed by atoms with Crippen molar-refractivity contribution in [3.8, 4) is 0 Å². The molecule has 8 nitrogen and oxygen atoms in total. The van der Waals surface area contributed by atoms with Gasteiger partial charge in [0.25, 0.3) is 11.5 Å². The Balaban J connectivity index is 1.43. The highest BCUT2D eigenvalue weighted by Crippen LogP contribution is 2.16. The van der Waals surface area contributed by atoms with Crippen molar-refractivity contribution < 1.29 is 14.3 Å². The van der Waals surface area contributed by atoms with Gasteiger partial charge in [0.2, 0.25) is 5.91 Å². The molecule has 1 fully saturated rings. The Morgan fingerprint density at radius 1 is 1.21 bits per heavy atom. The predicted octanol–water partition coefficient (Wildman–Crippen LogP) is 2.56. The maximum Gasteiger partial charge on any atom is 0.258 e. The highest BCUT2D eigenvalue weighted by molar-refractivity contribution is 5.94. The van der Waals surface area contributed by atoms with Crippen LogP contribution in [0.5, 0.6) is 0 Å². The molecule has 0 bridgehead atoms. The number of para-hydroxylation sites is 1. The molecule has 1 atom stereocenters. The Morgan fingerprint density at radius 3 is 2.85 bits per heavy atom. The van der Waals surface area contributed by atoms with Crippen LogP contribution in [0.4, 0.5) is 0 Å². The zero-order valence-corrected chi connectivity index (χ0v) is 18.7. The minimum atomic E-state index is -0.231. The first-order valence-corrected chi connectivity index (χ1v) is 11.2. The zero-order chi connectivity index (χ0) is 23.2. The number of amides is 2. The molecular weight excluding hydrogens is 420 g/mol. The summed E-state index contributed by atoms with van der Waals surface area (Å²) in [6.07, 6.45) is 1.95. The molecule has 2 amide bonds. The van der Waals surface area contributed by atoms with Crippen molar-refractivity contribution in [1.82, 2.24) is 20.2 Å². The summed E-state index contributed by atoms with van der Waals surface area (Å²) in [4.78, 5) is 46.8. The Kier molecular flexibility index (Phi) is 7.14. The second kappa shape index (κ2) is 10.4. The molecule has 2 N–H and O–H groups in total. The number of carbonyl (C=O) groups excluding carboxylic acids is 2. The van der Waals surface area contributed by atoms with Gasteiger partial charge in [0.1, 0.15) is 5.82 Å². The van der Waals surface area contributed by atoms with E-state index in [0.717, 1.165) is 18.4 Å². The zero-order valence-electron chi connectivity index (χ0n) is 18.7. The van der Waals surface area contributed by atoms with E-state index in [1.54, 1.807) is 29.2 Å². The minimum Gasteiger partial charge on any atom is -0.376 e. The van der Waals surface area contributed by atoms with Crippen LogP contribution in [0.25, 0.3) is 10.9 Å². The van der Waals surface area contributed by atoms with E-state index >= 15 is 0 Å². The van der Waals surface area contributed by atoms with E-state index in [0.29, 0.717) is 35.4 Å². The summed E-state index contributed by atoms with van der Waals surface area (Å²) >= 11 is 0. The van der Waals surface area contributed by atoms with E-state index in [-0.39, 0.29) is 43.0 Å². The summed E-state index contributed by atoms with van der Waals surface area (Å²) in [7, 11) is 0. The molecule has 4 rings (SSSR count). The molecule has 1 aliphatic rings. The molecule has 1 aromatic heterocycles. The maximum atomic E-state index is 13.1. The van der Waals surface area contributed by atoms with Crippen molar-refractivity contribution in [2.45, 2.75) is 38.8 Å². The molecule has 2 aromatic carbocycles. The molecule has 2 heterocycles. The van der Waals surface area contributed by atoms with Gasteiger partial charge in [0, 0.05) is 31.7 Å². The van der Waals surface area contributed by atoms with Crippen molar-refractivity contribution in [2.24, 2.45) is 0 Å². The molecule has 3 aromatic rings. The molecule has 0 spiro atoms. The molecule has 0 unspecified atom stereocenters. The van der Waals surface area contributed by atoms with E-state index in [4.69, 9.17) is 4.74 Å². The first-order chi connectivity index (χ1) is 16.0. The van der Waals surface area contributed by atoms with Crippen LogP contribution >= 0.6 is 0 Å². The monoisotopic (exact) mass is 448 g/mol. The lowest BCUT2D eigenvalue weighted by atomic mass is 10.1. The molecule has 8 heteroatoms. The first kappa shape index (κ1) is 22.7. The number of hydrogen-bond donors (Lipinski definition) is 2.